The highest BCUT2D eigenvalue weighted by atomic mass is 16.5. The summed E-state index contributed by atoms with van der Waals surface area (Å²) in [5.41, 5.74) is 3.84. The van der Waals surface area contributed by atoms with E-state index in [1.165, 1.54) is 6.08 Å². The molecule has 0 aliphatic heterocycles. The van der Waals surface area contributed by atoms with E-state index in [9.17, 15) is 4.79 Å². The number of rotatable bonds is 5. The fraction of sp³-hybridized carbons (Fsp3) is 0.353. The van der Waals surface area contributed by atoms with Crippen LogP contribution in [-0.4, -0.2) is 27.8 Å². The average Bonchev–Trinajstić information content (AvgIpc) is 2.78. The van der Waals surface area contributed by atoms with Gasteiger partial charge in [-0.3, -0.25) is 14.5 Å². The van der Waals surface area contributed by atoms with Gasteiger partial charge in [-0.25, -0.2) is 0 Å². The summed E-state index contributed by atoms with van der Waals surface area (Å²) >= 11 is 0. The second-order valence-corrected chi connectivity index (χ2v) is 5.43. The first kappa shape index (κ1) is 16.7. The predicted molar refractivity (Wildman–Crippen MR) is 89.1 cm³/mol. The zero-order chi connectivity index (χ0) is 17.0. The Balaban J connectivity index is 2.05. The van der Waals surface area contributed by atoms with Crippen LogP contribution in [0.2, 0.25) is 0 Å². The first-order chi connectivity index (χ1) is 10.9. The Hall–Kier alpha value is -2.63. The van der Waals surface area contributed by atoms with E-state index in [1.807, 2.05) is 38.6 Å². The molecule has 0 saturated carbocycles. The average molecular weight is 314 g/mol. The summed E-state index contributed by atoms with van der Waals surface area (Å²) in [7, 11) is 3.48. The molecule has 1 atom stereocenters. The topological polar surface area (TPSA) is 69.0 Å². The molecule has 122 valence electrons. The molecule has 0 aromatic carbocycles. The van der Waals surface area contributed by atoms with E-state index in [0.29, 0.717) is 5.75 Å². The van der Waals surface area contributed by atoms with Crippen molar-refractivity contribution in [1.29, 1.82) is 0 Å². The first-order valence-corrected chi connectivity index (χ1v) is 7.40. The number of hydrogen-bond acceptors (Lipinski definition) is 4. The number of aryl methyl sites for hydroxylation is 2. The van der Waals surface area contributed by atoms with E-state index in [4.69, 9.17) is 4.74 Å². The van der Waals surface area contributed by atoms with Crippen molar-refractivity contribution in [3.05, 3.63) is 47.1 Å². The van der Waals surface area contributed by atoms with Crippen LogP contribution in [0, 0.1) is 13.8 Å². The first-order valence-electron chi connectivity index (χ1n) is 7.40. The lowest BCUT2D eigenvalue weighted by Gasteiger charge is -2.13. The lowest BCUT2D eigenvalue weighted by atomic mass is 10.1. The number of hydrogen-bond donors (Lipinski definition) is 1. The summed E-state index contributed by atoms with van der Waals surface area (Å²) in [5.74, 6) is 0.491. The highest BCUT2D eigenvalue weighted by Gasteiger charge is 2.17. The second-order valence-electron chi connectivity index (χ2n) is 5.43. The van der Waals surface area contributed by atoms with Gasteiger partial charge >= 0.3 is 0 Å². The van der Waals surface area contributed by atoms with Gasteiger partial charge in [-0.05, 0) is 38.5 Å². The number of nitrogens with one attached hydrogen (secondary N) is 1. The highest BCUT2D eigenvalue weighted by molar-refractivity contribution is 5.92. The molecule has 2 rings (SSSR count). The van der Waals surface area contributed by atoms with Crippen LogP contribution in [0.1, 0.15) is 35.5 Å². The Bertz CT molecular complexity index is 734. The maximum Gasteiger partial charge on any atom is 0.244 e. The Kier molecular flexibility index (Phi) is 5.16. The van der Waals surface area contributed by atoms with Gasteiger partial charge in [0.25, 0.3) is 0 Å². The lowest BCUT2D eigenvalue weighted by molar-refractivity contribution is -0.117. The molecule has 0 aliphatic carbocycles. The van der Waals surface area contributed by atoms with E-state index in [-0.39, 0.29) is 11.9 Å². The van der Waals surface area contributed by atoms with Crippen LogP contribution in [0.4, 0.5) is 0 Å². The van der Waals surface area contributed by atoms with Gasteiger partial charge in [0, 0.05) is 30.6 Å². The molecule has 1 amide bonds. The largest absolute Gasteiger partial charge is 0.495 e. The standard InChI is InChI=1S/C17H22N4O2/c1-11(17-12(2)20-21(4)13(17)3)19-16(22)7-6-14-8-15(23-5)10-18-9-14/h6-11H,1-5H3,(H,19,22)/b7-6+. The number of ether oxygens (including phenoxy) is 1. The van der Waals surface area contributed by atoms with Gasteiger partial charge in [0.2, 0.25) is 5.91 Å². The number of pyridine rings is 1. The number of carbonyl (C=O) groups excluding carboxylic acids is 1. The third-order valence-electron chi connectivity index (χ3n) is 3.75. The Morgan fingerprint density at radius 1 is 1.39 bits per heavy atom. The van der Waals surface area contributed by atoms with Crippen molar-refractivity contribution in [1.82, 2.24) is 20.1 Å². The Labute approximate surface area is 136 Å². The zero-order valence-electron chi connectivity index (χ0n) is 14.1. The molecule has 1 unspecified atom stereocenters. The molecule has 6 heteroatoms. The molecule has 2 aromatic heterocycles. The number of aromatic nitrogens is 3. The van der Waals surface area contributed by atoms with Gasteiger partial charge in [-0.15, -0.1) is 0 Å². The maximum atomic E-state index is 12.1. The monoisotopic (exact) mass is 314 g/mol. The molecule has 6 nitrogen and oxygen atoms in total. The third-order valence-corrected chi connectivity index (χ3v) is 3.75. The number of nitrogens with zero attached hydrogens (tertiary/aromatic N) is 3. The molecule has 0 spiro atoms. The highest BCUT2D eigenvalue weighted by Crippen LogP contribution is 2.20. The third kappa shape index (κ3) is 3.97. The van der Waals surface area contributed by atoms with Crippen molar-refractivity contribution in [2.75, 3.05) is 7.11 Å². The van der Waals surface area contributed by atoms with Gasteiger partial charge in [-0.2, -0.15) is 5.10 Å². The molecule has 0 fully saturated rings. The smallest absolute Gasteiger partial charge is 0.244 e. The maximum absolute atomic E-state index is 12.1. The quantitative estimate of drug-likeness (QED) is 0.860. The number of amides is 1. The van der Waals surface area contributed by atoms with Gasteiger partial charge < -0.3 is 10.1 Å². The van der Waals surface area contributed by atoms with Gasteiger partial charge in [0.15, 0.2) is 0 Å². The van der Waals surface area contributed by atoms with E-state index in [1.54, 1.807) is 25.6 Å². The van der Waals surface area contributed by atoms with Crippen LogP contribution < -0.4 is 10.1 Å². The molecule has 0 aliphatic rings. The summed E-state index contributed by atoms with van der Waals surface area (Å²) in [6.07, 6.45) is 6.49. The van der Waals surface area contributed by atoms with Crippen LogP contribution in [0.15, 0.2) is 24.5 Å². The lowest BCUT2D eigenvalue weighted by Crippen LogP contribution is -2.25. The van der Waals surface area contributed by atoms with Crippen molar-refractivity contribution < 1.29 is 9.53 Å². The molecule has 2 heterocycles. The van der Waals surface area contributed by atoms with Crippen LogP contribution in [0.5, 0.6) is 5.75 Å². The van der Waals surface area contributed by atoms with E-state index in [0.717, 1.165) is 22.5 Å². The van der Waals surface area contributed by atoms with E-state index in [2.05, 4.69) is 15.4 Å². The van der Waals surface area contributed by atoms with Crippen LogP contribution >= 0.6 is 0 Å². The molecule has 23 heavy (non-hydrogen) atoms. The SMILES string of the molecule is COc1cncc(/C=C/C(=O)NC(C)c2c(C)nn(C)c2C)c1. The van der Waals surface area contributed by atoms with Crippen molar-refractivity contribution in [2.45, 2.75) is 26.8 Å². The molecule has 0 saturated heterocycles. The van der Waals surface area contributed by atoms with E-state index < -0.39 is 0 Å². The van der Waals surface area contributed by atoms with Crippen LogP contribution in [-0.2, 0) is 11.8 Å². The van der Waals surface area contributed by atoms with Crippen molar-refractivity contribution >= 4 is 12.0 Å². The van der Waals surface area contributed by atoms with Crippen molar-refractivity contribution in [3.63, 3.8) is 0 Å². The van der Waals surface area contributed by atoms with Gasteiger partial charge in [0.05, 0.1) is 25.0 Å². The normalized spacial score (nSPS) is 12.4. The molecule has 0 radical (unpaired) electrons. The summed E-state index contributed by atoms with van der Waals surface area (Å²) < 4.78 is 6.93. The summed E-state index contributed by atoms with van der Waals surface area (Å²) in [6.45, 7) is 5.90. The molecule has 0 bridgehead atoms. The minimum Gasteiger partial charge on any atom is -0.495 e. The summed E-state index contributed by atoms with van der Waals surface area (Å²) in [5, 5.41) is 7.34. The summed E-state index contributed by atoms with van der Waals surface area (Å²) in [4.78, 5) is 16.2. The molecular weight excluding hydrogens is 292 g/mol. The zero-order valence-corrected chi connectivity index (χ0v) is 14.1. The van der Waals surface area contributed by atoms with Gasteiger partial charge in [-0.1, -0.05) is 0 Å². The second kappa shape index (κ2) is 7.09. The van der Waals surface area contributed by atoms with Gasteiger partial charge in [0.1, 0.15) is 5.75 Å². The Morgan fingerprint density at radius 2 is 2.13 bits per heavy atom. The minimum atomic E-state index is -0.164. The fourth-order valence-corrected chi connectivity index (χ4v) is 2.56. The molecule has 1 N–H and O–H groups in total. The van der Waals surface area contributed by atoms with Crippen LogP contribution in [0.3, 0.4) is 0 Å². The summed E-state index contributed by atoms with van der Waals surface area (Å²) in [6, 6.07) is 1.71. The Morgan fingerprint density at radius 3 is 2.74 bits per heavy atom. The number of methoxy groups -OCH3 is 1. The molecule has 2 aromatic rings. The number of carbonyl (C=O) groups is 1. The van der Waals surface area contributed by atoms with Crippen molar-refractivity contribution in [2.24, 2.45) is 7.05 Å². The molecular formula is C17H22N4O2. The fourth-order valence-electron chi connectivity index (χ4n) is 2.56. The minimum absolute atomic E-state index is 0.107. The van der Waals surface area contributed by atoms with E-state index >= 15 is 0 Å². The van der Waals surface area contributed by atoms with Crippen molar-refractivity contribution in [3.8, 4) is 5.75 Å². The predicted octanol–water partition coefficient (Wildman–Crippen LogP) is 2.33. The van der Waals surface area contributed by atoms with Crippen LogP contribution in [0.25, 0.3) is 6.08 Å².